The summed E-state index contributed by atoms with van der Waals surface area (Å²) in [6, 6.07) is 8.15. The summed E-state index contributed by atoms with van der Waals surface area (Å²) in [6.45, 7) is 1.50. The van der Waals surface area contributed by atoms with Crippen LogP contribution in [0.15, 0.2) is 35.5 Å². The van der Waals surface area contributed by atoms with Crippen molar-refractivity contribution in [3.63, 3.8) is 0 Å². The zero-order valence-electron chi connectivity index (χ0n) is 9.71. The number of benzene rings is 1. The Bertz CT molecular complexity index is 386. The first kappa shape index (κ1) is 11.8. The lowest BCUT2D eigenvalue weighted by Gasteiger charge is -2.28. The Kier molecular flexibility index (Phi) is 3.85. The average Bonchev–Trinajstić information content (AvgIpc) is 2.42. The van der Waals surface area contributed by atoms with E-state index in [1.165, 1.54) is 0 Å². The molecular weight excluding hydrogens is 216 g/mol. The van der Waals surface area contributed by atoms with Crippen LogP contribution in [-0.4, -0.2) is 23.9 Å². The van der Waals surface area contributed by atoms with Crippen LogP contribution < -0.4 is 0 Å². The van der Waals surface area contributed by atoms with Crippen molar-refractivity contribution in [3.05, 3.63) is 40.8 Å². The number of carbonyl (C=O) groups is 1. The molecule has 4 nitrogen and oxygen atoms in total. The van der Waals surface area contributed by atoms with Crippen LogP contribution in [0.25, 0.3) is 0 Å². The summed E-state index contributed by atoms with van der Waals surface area (Å²) in [6.07, 6.45) is 3.20. The van der Waals surface area contributed by atoms with Gasteiger partial charge >= 0.3 is 0 Å². The molecule has 0 saturated carbocycles. The molecule has 2 rings (SSSR count). The highest BCUT2D eigenvalue weighted by atomic mass is 16.3. The Hall–Kier alpha value is -1.71. The molecule has 0 radical (unpaired) electrons. The summed E-state index contributed by atoms with van der Waals surface area (Å²) in [4.78, 5) is 24.8. The largest absolute Gasteiger partial charge is 0.340 e. The lowest BCUT2D eigenvalue weighted by molar-refractivity contribution is -0.133. The van der Waals surface area contributed by atoms with Crippen molar-refractivity contribution in [3.8, 4) is 0 Å². The molecule has 1 unspecified atom stereocenters. The number of piperidine rings is 1. The fourth-order valence-electron chi connectivity index (χ4n) is 2.17. The summed E-state index contributed by atoms with van der Waals surface area (Å²) < 4.78 is 0. The number of nitroso groups, excluding NO2 is 1. The van der Waals surface area contributed by atoms with Gasteiger partial charge in [-0.25, -0.2) is 0 Å². The van der Waals surface area contributed by atoms with Gasteiger partial charge in [-0.05, 0) is 24.8 Å². The number of amides is 1. The van der Waals surface area contributed by atoms with Gasteiger partial charge in [0, 0.05) is 13.1 Å². The molecule has 0 spiro atoms. The van der Waals surface area contributed by atoms with Gasteiger partial charge in [0.15, 0.2) is 6.04 Å². The van der Waals surface area contributed by atoms with E-state index in [0.29, 0.717) is 5.56 Å². The van der Waals surface area contributed by atoms with Gasteiger partial charge in [-0.1, -0.05) is 35.5 Å². The molecule has 90 valence electrons. The number of hydrogen-bond acceptors (Lipinski definition) is 3. The second kappa shape index (κ2) is 5.57. The predicted molar refractivity (Wildman–Crippen MR) is 65.4 cm³/mol. The van der Waals surface area contributed by atoms with Crippen LogP contribution in [0.1, 0.15) is 30.9 Å². The first-order valence-electron chi connectivity index (χ1n) is 5.99. The molecule has 0 N–H and O–H groups in total. The third kappa shape index (κ3) is 2.70. The van der Waals surface area contributed by atoms with Crippen LogP contribution in [0.3, 0.4) is 0 Å². The van der Waals surface area contributed by atoms with Crippen LogP contribution in [0.2, 0.25) is 0 Å². The van der Waals surface area contributed by atoms with Crippen LogP contribution in [0, 0.1) is 4.91 Å². The van der Waals surface area contributed by atoms with E-state index in [9.17, 15) is 9.70 Å². The SMILES string of the molecule is O=NC(C(=O)N1CCCCC1)c1ccccc1. The standard InChI is InChI=1S/C13H16N2O2/c16-13(15-9-5-2-6-10-15)12(14-17)11-7-3-1-4-8-11/h1,3-4,7-8,12H,2,5-6,9-10H2. The van der Waals surface area contributed by atoms with E-state index in [4.69, 9.17) is 0 Å². The molecule has 17 heavy (non-hydrogen) atoms. The molecule has 0 aromatic heterocycles. The Balaban J connectivity index is 2.12. The number of likely N-dealkylation sites (tertiary alicyclic amines) is 1. The molecule has 4 heteroatoms. The van der Waals surface area contributed by atoms with Gasteiger partial charge in [-0.3, -0.25) is 4.79 Å². The second-order valence-electron chi connectivity index (χ2n) is 4.30. The van der Waals surface area contributed by atoms with Gasteiger partial charge < -0.3 is 4.90 Å². The summed E-state index contributed by atoms with van der Waals surface area (Å²) in [5.74, 6) is -0.161. The second-order valence-corrected chi connectivity index (χ2v) is 4.30. The topological polar surface area (TPSA) is 49.7 Å². The highest BCUT2D eigenvalue weighted by Gasteiger charge is 2.27. The van der Waals surface area contributed by atoms with Crippen molar-refractivity contribution in [2.45, 2.75) is 25.3 Å². The lowest BCUT2D eigenvalue weighted by atomic mass is 10.0. The Labute approximate surface area is 101 Å². The fourth-order valence-corrected chi connectivity index (χ4v) is 2.17. The number of rotatable bonds is 3. The summed E-state index contributed by atoms with van der Waals surface area (Å²) in [5.41, 5.74) is 0.679. The van der Waals surface area contributed by atoms with Crippen LogP contribution in [0.4, 0.5) is 0 Å². The molecule has 1 saturated heterocycles. The normalized spacial score (nSPS) is 17.5. The van der Waals surface area contributed by atoms with Gasteiger partial charge in [0.25, 0.3) is 5.91 Å². The smallest absolute Gasteiger partial charge is 0.255 e. The Morgan fingerprint density at radius 1 is 1.12 bits per heavy atom. The molecule has 1 aromatic rings. The van der Waals surface area contributed by atoms with E-state index >= 15 is 0 Å². The molecule has 0 bridgehead atoms. The number of carbonyl (C=O) groups excluding carboxylic acids is 1. The number of hydrogen-bond donors (Lipinski definition) is 0. The van der Waals surface area contributed by atoms with E-state index in [1.807, 2.05) is 18.2 Å². The summed E-state index contributed by atoms with van der Waals surface area (Å²) >= 11 is 0. The summed E-state index contributed by atoms with van der Waals surface area (Å²) in [7, 11) is 0. The molecule has 1 atom stereocenters. The highest BCUT2D eigenvalue weighted by molar-refractivity contribution is 5.83. The monoisotopic (exact) mass is 232 g/mol. The Morgan fingerprint density at radius 2 is 1.76 bits per heavy atom. The molecule has 1 fully saturated rings. The molecule has 1 aliphatic heterocycles. The van der Waals surface area contributed by atoms with E-state index in [0.717, 1.165) is 32.4 Å². The lowest BCUT2D eigenvalue weighted by Crippen LogP contribution is -2.38. The molecule has 1 aliphatic rings. The third-order valence-corrected chi connectivity index (χ3v) is 3.12. The van der Waals surface area contributed by atoms with Crippen molar-refractivity contribution in [2.24, 2.45) is 5.18 Å². The maximum atomic E-state index is 12.2. The van der Waals surface area contributed by atoms with Crippen molar-refractivity contribution >= 4 is 5.91 Å². The summed E-state index contributed by atoms with van der Waals surface area (Å²) in [5, 5.41) is 2.99. The highest BCUT2D eigenvalue weighted by Crippen LogP contribution is 2.21. The fraction of sp³-hybridized carbons (Fsp3) is 0.462. The van der Waals surface area contributed by atoms with Crippen molar-refractivity contribution in [1.82, 2.24) is 4.90 Å². The van der Waals surface area contributed by atoms with E-state index in [-0.39, 0.29) is 5.91 Å². The van der Waals surface area contributed by atoms with E-state index in [1.54, 1.807) is 17.0 Å². The molecule has 1 aromatic carbocycles. The first-order chi connectivity index (χ1) is 8.33. The van der Waals surface area contributed by atoms with Crippen molar-refractivity contribution in [1.29, 1.82) is 0 Å². The van der Waals surface area contributed by atoms with Gasteiger partial charge in [-0.15, -0.1) is 4.91 Å². The van der Waals surface area contributed by atoms with Crippen LogP contribution >= 0.6 is 0 Å². The third-order valence-electron chi connectivity index (χ3n) is 3.12. The van der Waals surface area contributed by atoms with Crippen molar-refractivity contribution in [2.75, 3.05) is 13.1 Å². The Morgan fingerprint density at radius 3 is 2.35 bits per heavy atom. The zero-order valence-corrected chi connectivity index (χ0v) is 9.71. The minimum Gasteiger partial charge on any atom is -0.340 e. The quantitative estimate of drug-likeness (QED) is 0.752. The minimum absolute atomic E-state index is 0.161. The maximum absolute atomic E-state index is 12.2. The average molecular weight is 232 g/mol. The van der Waals surface area contributed by atoms with Gasteiger partial charge in [0.1, 0.15) is 0 Å². The van der Waals surface area contributed by atoms with Crippen LogP contribution in [-0.2, 0) is 4.79 Å². The van der Waals surface area contributed by atoms with Gasteiger partial charge in [0.2, 0.25) is 0 Å². The van der Waals surface area contributed by atoms with Gasteiger partial charge in [0.05, 0.1) is 0 Å². The molecule has 1 heterocycles. The molecule has 0 aliphatic carbocycles. The molecular formula is C13H16N2O2. The minimum atomic E-state index is -0.880. The first-order valence-corrected chi connectivity index (χ1v) is 5.99. The van der Waals surface area contributed by atoms with E-state index in [2.05, 4.69) is 5.18 Å². The maximum Gasteiger partial charge on any atom is 0.255 e. The van der Waals surface area contributed by atoms with Crippen molar-refractivity contribution < 1.29 is 4.79 Å². The van der Waals surface area contributed by atoms with Crippen LogP contribution in [0.5, 0.6) is 0 Å². The van der Waals surface area contributed by atoms with Gasteiger partial charge in [-0.2, -0.15) is 0 Å². The zero-order chi connectivity index (χ0) is 12.1. The van der Waals surface area contributed by atoms with E-state index < -0.39 is 6.04 Å². The molecule has 1 amide bonds. The number of nitrogens with zero attached hydrogens (tertiary/aromatic N) is 2. The predicted octanol–water partition coefficient (Wildman–Crippen LogP) is 2.51.